The van der Waals surface area contributed by atoms with E-state index in [1.165, 1.54) is 31.4 Å². The van der Waals surface area contributed by atoms with Crippen molar-refractivity contribution in [2.45, 2.75) is 45.6 Å². The number of amidine groups is 1. The van der Waals surface area contributed by atoms with Crippen molar-refractivity contribution in [3.63, 3.8) is 0 Å². The van der Waals surface area contributed by atoms with Gasteiger partial charge in [0.15, 0.2) is 5.84 Å². The molecular weight excluding hydrogens is 250 g/mol. The van der Waals surface area contributed by atoms with Gasteiger partial charge in [-0.05, 0) is 62.3 Å². The molecule has 0 amide bonds. The molecule has 1 aliphatic rings. The molecule has 1 fully saturated rings. The molecule has 2 rings (SSSR count). The third kappa shape index (κ3) is 3.06. The molecule has 0 aromatic heterocycles. The van der Waals surface area contributed by atoms with Crippen LogP contribution >= 0.6 is 0 Å². The summed E-state index contributed by atoms with van der Waals surface area (Å²) in [7, 11) is 2.17. The van der Waals surface area contributed by atoms with Gasteiger partial charge in [-0.1, -0.05) is 12.1 Å². The molecule has 0 heterocycles. The molecule has 4 heteroatoms. The van der Waals surface area contributed by atoms with Crippen LogP contribution in [-0.2, 0) is 0 Å². The fraction of sp³-hybridized carbons (Fsp3) is 0.562. The van der Waals surface area contributed by atoms with Gasteiger partial charge in [-0.2, -0.15) is 0 Å². The number of nitrogens with zero attached hydrogens (tertiary/aromatic N) is 2. The number of nitrogens with two attached hydrogens (primary N) is 1. The molecule has 20 heavy (non-hydrogen) atoms. The highest BCUT2D eigenvalue weighted by Crippen LogP contribution is 2.30. The van der Waals surface area contributed by atoms with E-state index in [1.54, 1.807) is 0 Å². The second-order valence-electron chi connectivity index (χ2n) is 6.01. The van der Waals surface area contributed by atoms with E-state index in [1.807, 2.05) is 13.0 Å². The molecule has 0 saturated heterocycles. The minimum atomic E-state index is 0.170. The molecule has 0 atom stereocenters. The lowest BCUT2D eigenvalue weighted by atomic mass is 9.86. The van der Waals surface area contributed by atoms with Crippen molar-refractivity contribution in [2.75, 3.05) is 11.9 Å². The van der Waals surface area contributed by atoms with Crippen LogP contribution in [0.1, 0.15) is 43.7 Å². The Labute approximate surface area is 121 Å². The quantitative estimate of drug-likeness (QED) is 0.385. The van der Waals surface area contributed by atoms with Crippen molar-refractivity contribution in [1.29, 1.82) is 0 Å². The maximum Gasteiger partial charge on any atom is 0.170 e. The van der Waals surface area contributed by atoms with Crippen LogP contribution in [-0.4, -0.2) is 24.1 Å². The van der Waals surface area contributed by atoms with Crippen LogP contribution in [0.4, 0.5) is 5.69 Å². The van der Waals surface area contributed by atoms with E-state index in [0.29, 0.717) is 6.04 Å². The average Bonchev–Trinajstić information content (AvgIpc) is 2.46. The molecule has 0 unspecified atom stereocenters. The Morgan fingerprint density at radius 3 is 2.50 bits per heavy atom. The van der Waals surface area contributed by atoms with Gasteiger partial charge in [0.1, 0.15) is 0 Å². The van der Waals surface area contributed by atoms with Gasteiger partial charge in [-0.25, -0.2) is 0 Å². The predicted molar refractivity (Wildman–Crippen MR) is 83.5 cm³/mol. The molecule has 0 spiro atoms. The van der Waals surface area contributed by atoms with E-state index in [2.05, 4.69) is 36.2 Å². The standard InChI is InChI=1S/C16H25N3O/c1-11-4-6-13(7-5-11)19(3)14-8-9-15(12(2)10-14)16(17)18-20/h8-11,13,20H,4-7H2,1-3H3,(H2,17,18). The molecular formula is C16H25N3O. The molecule has 1 aromatic rings. The summed E-state index contributed by atoms with van der Waals surface area (Å²) in [5.74, 6) is 1.03. The van der Waals surface area contributed by atoms with Crippen LogP contribution in [0, 0.1) is 12.8 Å². The van der Waals surface area contributed by atoms with Crippen LogP contribution in [0.3, 0.4) is 0 Å². The fourth-order valence-electron chi connectivity index (χ4n) is 3.05. The van der Waals surface area contributed by atoms with Crippen LogP contribution < -0.4 is 10.6 Å². The zero-order valence-electron chi connectivity index (χ0n) is 12.6. The summed E-state index contributed by atoms with van der Waals surface area (Å²) in [6, 6.07) is 6.73. The summed E-state index contributed by atoms with van der Waals surface area (Å²) in [6.07, 6.45) is 5.16. The number of oxime groups is 1. The number of hydrogen-bond acceptors (Lipinski definition) is 3. The van der Waals surface area contributed by atoms with Gasteiger partial charge >= 0.3 is 0 Å². The maximum atomic E-state index is 8.77. The monoisotopic (exact) mass is 275 g/mol. The first-order valence-corrected chi connectivity index (χ1v) is 7.34. The van der Waals surface area contributed by atoms with Crippen molar-refractivity contribution < 1.29 is 5.21 Å². The molecule has 1 aromatic carbocycles. The third-order valence-corrected chi connectivity index (χ3v) is 4.53. The summed E-state index contributed by atoms with van der Waals surface area (Å²) in [6.45, 7) is 4.33. The van der Waals surface area contributed by atoms with Gasteiger partial charge in [-0.15, -0.1) is 0 Å². The Hall–Kier alpha value is -1.71. The first-order valence-electron chi connectivity index (χ1n) is 7.34. The van der Waals surface area contributed by atoms with Gasteiger partial charge in [-0.3, -0.25) is 0 Å². The first kappa shape index (κ1) is 14.7. The van der Waals surface area contributed by atoms with E-state index in [4.69, 9.17) is 10.9 Å². The highest BCUT2D eigenvalue weighted by atomic mass is 16.4. The lowest BCUT2D eigenvalue weighted by molar-refractivity contribution is 0.318. The average molecular weight is 275 g/mol. The van der Waals surface area contributed by atoms with Gasteiger partial charge < -0.3 is 15.8 Å². The number of aryl methyl sites for hydroxylation is 1. The molecule has 4 nitrogen and oxygen atoms in total. The Bertz CT molecular complexity index is 490. The van der Waals surface area contributed by atoms with E-state index in [9.17, 15) is 0 Å². The van der Waals surface area contributed by atoms with Crippen molar-refractivity contribution in [2.24, 2.45) is 16.8 Å². The minimum absolute atomic E-state index is 0.170. The molecule has 0 bridgehead atoms. The zero-order valence-corrected chi connectivity index (χ0v) is 12.6. The van der Waals surface area contributed by atoms with Gasteiger partial charge in [0.05, 0.1) is 0 Å². The van der Waals surface area contributed by atoms with Gasteiger partial charge in [0.2, 0.25) is 0 Å². The second-order valence-corrected chi connectivity index (χ2v) is 6.01. The van der Waals surface area contributed by atoms with Crippen molar-refractivity contribution in [3.8, 4) is 0 Å². The molecule has 3 N–H and O–H groups in total. The Kier molecular flexibility index (Phi) is 4.53. The largest absolute Gasteiger partial charge is 0.409 e. The smallest absolute Gasteiger partial charge is 0.170 e. The Balaban J connectivity index is 2.15. The van der Waals surface area contributed by atoms with Crippen molar-refractivity contribution in [1.82, 2.24) is 0 Å². The van der Waals surface area contributed by atoms with Crippen molar-refractivity contribution in [3.05, 3.63) is 29.3 Å². The van der Waals surface area contributed by atoms with Crippen LogP contribution in [0.25, 0.3) is 0 Å². The lowest BCUT2D eigenvalue weighted by Crippen LogP contribution is -2.34. The third-order valence-electron chi connectivity index (χ3n) is 4.53. The van der Waals surface area contributed by atoms with Crippen LogP contribution in [0.2, 0.25) is 0 Å². The molecule has 1 aliphatic carbocycles. The van der Waals surface area contributed by atoms with E-state index in [0.717, 1.165) is 17.0 Å². The highest BCUT2D eigenvalue weighted by Gasteiger charge is 2.22. The predicted octanol–water partition coefficient (Wildman–Crippen LogP) is 3.10. The Morgan fingerprint density at radius 2 is 1.95 bits per heavy atom. The van der Waals surface area contributed by atoms with E-state index < -0.39 is 0 Å². The fourth-order valence-corrected chi connectivity index (χ4v) is 3.05. The maximum absolute atomic E-state index is 8.77. The summed E-state index contributed by atoms with van der Waals surface area (Å²) in [4.78, 5) is 2.37. The van der Waals surface area contributed by atoms with E-state index in [-0.39, 0.29) is 5.84 Å². The molecule has 110 valence electrons. The highest BCUT2D eigenvalue weighted by molar-refractivity contribution is 5.98. The van der Waals surface area contributed by atoms with Gasteiger partial charge in [0, 0.05) is 24.3 Å². The zero-order chi connectivity index (χ0) is 14.7. The SMILES string of the molecule is Cc1cc(N(C)C2CCC(C)CC2)ccc1/C(N)=N/O. The lowest BCUT2D eigenvalue weighted by Gasteiger charge is -2.35. The number of rotatable bonds is 3. The molecule has 0 aliphatic heterocycles. The number of benzene rings is 1. The second kappa shape index (κ2) is 6.16. The number of hydrogen-bond donors (Lipinski definition) is 2. The van der Waals surface area contributed by atoms with Crippen LogP contribution in [0.15, 0.2) is 23.4 Å². The topological polar surface area (TPSA) is 61.8 Å². The Morgan fingerprint density at radius 1 is 1.30 bits per heavy atom. The number of anilines is 1. The van der Waals surface area contributed by atoms with Gasteiger partial charge in [0.25, 0.3) is 0 Å². The van der Waals surface area contributed by atoms with Crippen molar-refractivity contribution >= 4 is 11.5 Å². The molecule has 0 radical (unpaired) electrons. The summed E-state index contributed by atoms with van der Waals surface area (Å²) < 4.78 is 0. The first-order chi connectivity index (χ1) is 9.52. The van der Waals surface area contributed by atoms with Crippen LogP contribution in [0.5, 0.6) is 0 Å². The normalized spacial score (nSPS) is 23.6. The summed E-state index contributed by atoms with van der Waals surface area (Å²) in [5, 5.41) is 11.8. The molecule has 1 saturated carbocycles. The van der Waals surface area contributed by atoms with E-state index >= 15 is 0 Å². The summed E-state index contributed by atoms with van der Waals surface area (Å²) in [5.41, 5.74) is 8.70. The summed E-state index contributed by atoms with van der Waals surface area (Å²) >= 11 is 0. The minimum Gasteiger partial charge on any atom is -0.409 e.